The molecule has 0 saturated carbocycles. The number of carbonyl (C=O) groups excluding carboxylic acids is 1. The van der Waals surface area contributed by atoms with Gasteiger partial charge in [-0.15, -0.1) is 0 Å². The van der Waals surface area contributed by atoms with Crippen molar-refractivity contribution >= 4 is 11.8 Å². The van der Waals surface area contributed by atoms with Crippen LogP contribution in [-0.2, 0) is 17.3 Å². The van der Waals surface area contributed by atoms with Gasteiger partial charge >= 0.3 is 12.3 Å². The topological polar surface area (TPSA) is 45.1 Å². The summed E-state index contributed by atoms with van der Waals surface area (Å²) >= 11 is 0. The SMILES string of the molecule is CCCc1cccc(C(F)(F)F)c1.C\C=C(C)/C(C(/C)=N/C=C/CC)=C(/C)N1CCN(C(=O)OC(C)(C)C)C(C)C1. The Balaban J connectivity index is 0.000000537. The van der Waals surface area contributed by atoms with E-state index in [4.69, 9.17) is 4.74 Å². The molecule has 1 aliphatic rings. The van der Waals surface area contributed by atoms with Crippen LogP contribution in [0.2, 0.25) is 0 Å². The van der Waals surface area contributed by atoms with E-state index in [9.17, 15) is 18.0 Å². The molecule has 0 spiro atoms. The largest absolute Gasteiger partial charge is 0.444 e. The zero-order valence-electron chi connectivity index (χ0n) is 26.7. The Labute approximate surface area is 245 Å². The lowest BCUT2D eigenvalue weighted by molar-refractivity contribution is -0.137. The summed E-state index contributed by atoms with van der Waals surface area (Å²) in [6.45, 7) is 22.5. The molecule has 1 aliphatic heterocycles. The molecule has 1 saturated heterocycles. The Bertz CT molecular complexity index is 1110. The number of hydrogen-bond donors (Lipinski definition) is 0. The van der Waals surface area contributed by atoms with E-state index in [2.05, 4.69) is 63.6 Å². The molecular formula is C33H50F3N3O2. The molecule has 1 heterocycles. The second-order valence-electron chi connectivity index (χ2n) is 11.4. The van der Waals surface area contributed by atoms with E-state index in [0.29, 0.717) is 13.0 Å². The molecule has 0 aliphatic carbocycles. The summed E-state index contributed by atoms with van der Waals surface area (Å²) in [7, 11) is 0. The number of ether oxygens (including phenoxy) is 1. The molecule has 41 heavy (non-hydrogen) atoms. The van der Waals surface area contributed by atoms with Gasteiger partial charge < -0.3 is 14.5 Å². The highest BCUT2D eigenvalue weighted by Crippen LogP contribution is 2.29. The zero-order valence-corrected chi connectivity index (χ0v) is 26.7. The van der Waals surface area contributed by atoms with Crippen LogP contribution in [0.25, 0.3) is 0 Å². The van der Waals surface area contributed by atoms with Crippen LogP contribution in [0.4, 0.5) is 18.0 Å². The van der Waals surface area contributed by atoms with E-state index in [1.54, 1.807) is 6.07 Å². The lowest BCUT2D eigenvalue weighted by Gasteiger charge is -2.42. The van der Waals surface area contributed by atoms with Crippen LogP contribution < -0.4 is 0 Å². The first-order valence-corrected chi connectivity index (χ1v) is 14.5. The number of rotatable bonds is 7. The monoisotopic (exact) mass is 577 g/mol. The van der Waals surface area contributed by atoms with Gasteiger partial charge in [-0.1, -0.05) is 50.6 Å². The van der Waals surface area contributed by atoms with E-state index in [1.165, 1.54) is 29.0 Å². The highest BCUT2D eigenvalue weighted by molar-refractivity contribution is 6.02. The Morgan fingerprint density at radius 1 is 1.12 bits per heavy atom. The fourth-order valence-electron chi connectivity index (χ4n) is 4.52. The van der Waals surface area contributed by atoms with Gasteiger partial charge in [0.05, 0.1) is 5.56 Å². The van der Waals surface area contributed by atoms with E-state index in [-0.39, 0.29) is 12.1 Å². The van der Waals surface area contributed by atoms with Gasteiger partial charge in [0.1, 0.15) is 5.60 Å². The molecule has 0 bridgehead atoms. The van der Waals surface area contributed by atoms with Gasteiger partial charge in [-0.25, -0.2) is 4.79 Å². The first-order chi connectivity index (χ1) is 19.0. The highest BCUT2D eigenvalue weighted by Gasteiger charge is 2.32. The second kappa shape index (κ2) is 16.4. The number of hydrogen-bond acceptors (Lipinski definition) is 4. The summed E-state index contributed by atoms with van der Waals surface area (Å²) in [5.41, 5.74) is 4.33. The van der Waals surface area contributed by atoms with Gasteiger partial charge in [-0.05, 0) is 85.4 Å². The Morgan fingerprint density at radius 3 is 2.29 bits per heavy atom. The van der Waals surface area contributed by atoms with Gasteiger partial charge in [0.15, 0.2) is 0 Å². The van der Waals surface area contributed by atoms with Crippen molar-refractivity contribution in [1.29, 1.82) is 0 Å². The van der Waals surface area contributed by atoms with Gasteiger partial charge in [0.2, 0.25) is 0 Å². The summed E-state index contributed by atoms with van der Waals surface area (Å²) in [6.07, 6.45) is 4.16. The zero-order chi connectivity index (χ0) is 31.4. The second-order valence-corrected chi connectivity index (χ2v) is 11.4. The fraction of sp³-hybridized carbons (Fsp3) is 0.576. The molecule has 1 aromatic rings. The van der Waals surface area contributed by atoms with Gasteiger partial charge in [0, 0.05) is 48.9 Å². The van der Waals surface area contributed by atoms with Crippen LogP contribution in [0.1, 0.15) is 93.2 Å². The molecule has 0 aromatic heterocycles. The quantitative estimate of drug-likeness (QED) is 0.240. The van der Waals surface area contributed by atoms with Crippen molar-refractivity contribution < 1.29 is 22.7 Å². The van der Waals surface area contributed by atoms with E-state index >= 15 is 0 Å². The number of alkyl halides is 3. The molecule has 1 amide bonds. The maximum absolute atomic E-state index is 12.5. The minimum atomic E-state index is -4.22. The fourth-order valence-corrected chi connectivity index (χ4v) is 4.52. The van der Waals surface area contributed by atoms with Crippen molar-refractivity contribution in [3.8, 4) is 0 Å². The first kappa shape index (κ1) is 36.0. The molecule has 1 unspecified atom stereocenters. The lowest BCUT2D eigenvalue weighted by Crippen LogP contribution is -2.54. The molecule has 1 aromatic carbocycles. The maximum atomic E-state index is 12.5. The molecule has 1 fully saturated rings. The minimum absolute atomic E-state index is 0.0861. The molecule has 5 nitrogen and oxygen atoms in total. The minimum Gasteiger partial charge on any atom is -0.444 e. The number of amides is 1. The summed E-state index contributed by atoms with van der Waals surface area (Å²) in [5, 5.41) is 0. The summed E-state index contributed by atoms with van der Waals surface area (Å²) in [6, 6.07) is 5.57. The van der Waals surface area contributed by atoms with Crippen molar-refractivity contribution in [3.05, 3.63) is 70.6 Å². The smallest absolute Gasteiger partial charge is 0.416 e. The van der Waals surface area contributed by atoms with Crippen molar-refractivity contribution in [2.24, 2.45) is 4.99 Å². The molecule has 1 atom stereocenters. The number of piperazine rings is 1. The van der Waals surface area contributed by atoms with Crippen molar-refractivity contribution in [2.75, 3.05) is 19.6 Å². The van der Waals surface area contributed by atoms with Crippen LogP contribution >= 0.6 is 0 Å². The standard InChI is InChI=1S/C23H39N3O2.C10H11F3/c1-10-12-13-24-19(5)21(17(3)11-2)20(6)25-14-15-26(18(4)16-25)22(27)28-23(7,8)9;1-2-4-8-5-3-6-9(7-8)10(11,12)13/h11-13,18H,10,14-16H2,1-9H3;3,5-7H,2,4H2,1H3/b13-12+,17-11-,21-20+,24-19+;. The van der Waals surface area contributed by atoms with Crippen LogP contribution in [0.3, 0.4) is 0 Å². The van der Waals surface area contributed by atoms with Crippen LogP contribution in [-0.4, -0.2) is 52.9 Å². The number of aryl methyl sites for hydroxylation is 1. The van der Waals surface area contributed by atoms with Gasteiger partial charge in [-0.2, -0.15) is 13.2 Å². The third-order valence-electron chi connectivity index (χ3n) is 6.68. The molecule has 230 valence electrons. The highest BCUT2D eigenvalue weighted by atomic mass is 19.4. The summed E-state index contributed by atoms with van der Waals surface area (Å²) < 4.78 is 42.2. The van der Waals surface area contributed by atoms with Crippen LogP contribution in [0.5, 0.6) is 0 Å². The number of allylic oxidation sites excluding steroid dienone is 5. The number of carbonyl (C=O) groups is 1. The van der Waals surface area contributed by atoms with Gasteiger partial charge in [-0.3, -0.25) is 4.99 Å². The average Bonchev–Trinajstić information content (AvgIpc) is 2.88. The van der Waals surface area contributed by atoms with Crippen molar-refractivity contribution in [1.82, 2.24) is 9.80 Å². The van der Waals surface area contributed by atoms with Crippen molar-refractivity contribution in [3.63, 3.8) is 0 Å². The number of benzene rings is 1. The van der Waals surface area contributed by atoms with E-state index < -0.39 is 17.3 Å². The Kier molecular flexibility index (Phi) is 14.4. The maximum Gasteiger partial charge on any atom is 0.416 e. The molecule has 2 rings (SSSR count). The normalized spacial score (nSPS) is 17.7. The van der Waals surface area contributed by atoms with Crippen LogP contribution in [0, 0.1) is 0 Å². The number of nitrogens with zero attached hydrogens (tertiary/aromatic N) is 3. The first-order valence-electron chi connectivity index (χ1n) is 14.5. The lowest BCUT2D eigenvalue weighted by atomic mass is 9.99. The molecule has 0 radical (unpaired) electrons. The van der Waals surface area contributed by atoms with Crippen molar-refractivity contribution in [2.45, 2.75) is 106 Å². The third-order valence-corrected chi connectivity index (χ3v) is 6.68. The predicted molar refractivity (Wildman–Crippen MR) is 164 cm³/mol. The van der Waals surface area contributed by atoms with Crippen LogP contribution in [0.15, 0.2) is 64.5 Å². The average molecular weight is 578 g/mol. The molecule has 0 N–H and O–H groups in total. The van der Waals surface area contributed by atoms with E-state index in [0.717, 1.165) is 43.3 Å². The summed E-state index contributed by atoms with van der Waals surface area (Å²) in [4.78, 5) is 21.3. The molecular weight excluding hydrogens is 527 g/mol. The third kappa shape index (κ3) is 12.2. The van der Waals surface area contributed by atoms with E-state index in [1.807, 2.05) is 38.8 Å². The molecule has 8 heteroatoms. The predicted octanol–water partition coefficient (Wildman–Crippen LogP) is 9.21. The Morgan fingerprint density at radius 2 is 1.78 bits per heavy atom. The number of aliphatic imine (C=N–C) groups is 1. The Hall–Kier alpha value is -3.03. The number of halogens is 3. The summed E-state index contributed by atoms with van der Waals surface area (Å²) in [5.74, 6) is 0. The van der Waals surface area contributed by atoms with Gasteiger partial charge in [0.25, 0.3) is 0 Å².